The molecule has 0 amide bonds. The number of benzene rings is 4. The first-order chi connectivity index (χ1) is 20.9. The van der Waals surface area contributed by atoms with Gasteiger partial charge in [0.05, 0.1) is 11.2 Å². The number of aryl methyl sites for hydroxylation is 4. The fourth-order valence-corrected chi connectivity index (χ4v) is 6.37. The van der Waals surface area contributed by atoms with Crippen molar-refractivity contribution in [2.75, 3.05) is 0 Å². The molecule has 0 aliphatic rings. The van der Waals surface area contributed by atoms with Crippen molar-refractivity contribution in [2.24, 2.45) is 0 Å². The van der Waals surface area contributed by atoms with Crippen molar-refractivity contribution in [1.29, 1.82) is 0 Å². The van der Waals surface area contributed by atoms with E-state index in [1.165, 1.54) is 66.2 Å². The van der Waals surface area contributed by atoms with Gasteiger partial charge in [0.1, 0.15) is 0 Å². The molecule has 43 heavy (non-hydrogen) atoms. The van der Waals surface area contributed by atoms with Gasteiger partial charge in [-0.3, -0.25) is 15.0 Å². The largest absolute Gasteiger partial charge is 0.258 e. The Morgan fingerprint density at radius 3 is 1.95 bits per heavy atom. The Hall–Kier alpha value is -5.15. The number of rotatable bonds is 4. The molecule has 0 aliphatic carbocycles. The molecule has 0 aliphatic heterocycles. The summed E-state index contributed by atoms with van der Waals surface area (Å²) in [5.41, 5.74) is 16.0. The summed E-state index contributed by atoms with van der Waals surface area (Å²) < 4.78 is 0. The normalized spacial score (nSPS) is 11.4. The number of hydrogen-bond acceptors (Lipinski definition) is 3. The highest BCUT2D eigenvalue weighted by Crippen LogP contribution is 2.42. The smallest absolute Gasteiger partial charge is 0.0714 e. The number of nitrogens with zero attached hydrogens (tertiary/aromatic N) is 3. The van der Waals surface area contributed by atoms with Crippen molar-refractivity contribution >= 4 is 21.7 Å². The SMILES string of the molecule is Cc1ccnc(-c2ccc(C)c(-c3cc(-c4cc5ncccc5c5ccccc45)cc(-c4cc(C)nc(C)c4)c3C)c2)c1. The van der Waals surface area contributed by atoms with Crippen LogP contribution in [0.5, 0.6) is 0 Å². The minimum atomic E-state index is 0.988. The van der Waals surface area contributed by atoms with E-state index in [0.717, 1.165) is 28.2 Å². The molecule has 208 valence electrons. The average molecular weight is 556 g/mol. The minimum absolute atomic E-state index is 0.988. The molecule has 0 spiro atoms. The lowest BCUT2D eigenvalue weighted by Crippen LogP contribution is -1.96. The van der Waals surface area contributed by atoms with Crippen LogP contribution in [0.3, 0.4) is 0 Å². The second-order valence-corrected chi connectivity index (χ2v) is 11.6. The molecule has 0 saturated heterocycles. The molecule has 0 fully saturated rings. The molecular formula is C40H33N3. The van der Waals surface area contributed by atoms with Crippen LogP contribution in [0.15, 0.2) is 109 Å². The first-order valence-corrected chi connectivity index (χ1v) is 14.8. The van der Waals surface area contributed by atoms with E-state index < -0.39 is 0 Å². The first kappa shape index (κ1) is 26.7. The molecule has 3 aromatic heterocycles. The van der Waals surface area contributed by atoms with Gasteiger partial charge >= 0.3 is 0 Å². The van der Waals surface area contributed by atoms with E-state index in [4.69, 9.17) is 9.97 Å². The summed E-state index contributed by atoms with van der Waals surface area (Å²) >= 11 is 0. The zero-order valence-electron chi connectivity index (χ0n) is 25.2. The van der Waals surface area contributed by atoms with Crippen LogP contribution in [0.2, 0.25) is 0 Å². The van der Waals surface area contributed by atoms with E-state index in [2.05, 4.69) is 125 Å². The lowest BCUT2D eigenvalue weighted by molar-refractivity contribution is 1.12. The summed E-state index contributed by atoms with van der Waals surface area (Å²) in [7, 11) is 0. The molecule has 0 unspecified atom stereocenters. The van der Waals surface area contributed by atoms with Crippen molar-refractivity contribution in [1.82, 2.24) is 15.0 Å². The maximum absolute atomic E-state index is 4.77. The highest BCUT2D eigenvalue weighted by molar-refractivity contribution is 6.13. The van der Waals surface area contributed by atoms with Crippen molar-refractivity contribution in [3.8, 4) is 44.6 Å². The topological polar surface area (TPSA) is 38.7 Å². The monoisotopic (exact) mass is 555 g/mol. The van der Waals surface area contributed by atoms with Crippen LogP contribution < -0.4 is 0 Å². The zero-order valence-corrected chi connectivity index (χ0v) is 25.2. The lowest BCUT2D eigenvalue weighted by atomic mass is 9.85. The van der Waals surface area contributed by atoms with Gasteiger partial charge in [0, 0.05) is 34.7 Å². The Labute approximate surface area is 253 Å². The quantitative estimate of drug-likeness (QED) is 0.203. The van der Waals surface area contributed by atoms with Gasteiger partial charge in [-0.25, -0.2) is 0 Å². The van der Waals surface area contributed by atoms with Crippen molar-refractivity contribution in [2.45, 2.75) is 34.6 Å². The molecule has 0 atom stereocenters. The van der Waals surface area contributed by atoms with Gasteiger partial charge in [0.2, 0.25) is 0 Å². The summed E-state index contributed by atoms with van der Waals surface area (Å²) in [6.07, 6.45) is 3.77. The predicted octanol–water partition coefficient (Wildman–Crippen LogP) is 10.4. The Morgan fingerprint density at radius 2 is 1.16 bits per heavy atom. The predicted molar refractivity (Wildman–Crippen MR) is 180 cm³/mol. The molecule has 4 aromatic carbocycles. The molecular weight excluding hydrogens is 522 g/mol. The third kappa shape index (κ3) is 4.87. The van der Waals surface area contributed by atoms with Crippen LogP contribution in [0, 0.1) is 34.6 Å². The summed E-state index contributed by atoms with van der Waals surface area (Å²) in [5, 5.41) is 3.61. The Bertz CT molecular complexity index is 2170. The summed E-state index contributed by atoms with van der Waals surface area (Å²) in [5.74, 6) is 0. The molecule has 7 rings (SSSR count). The van der Waals surface area contributed by atoms with E-state index >= 15 is 0 Å². The number of aromatic nitrogens is 3. The Balaban J connectivity index is 1.55. The fraction of sp³-hybridized carbons (Fsp3) is 0.125. The van der Waals surface area contributed by atoms with Crippen LogP contribution >= 0.6 is 0 Å². The summed E-state index contributed by atoms with van der Waals surface area (Å²) in [6.45, 7) is 10.7. The third-order valence-electron chi connectivity index (χ3n) is 8.48. The maximum atomic E-state index is 4.77. The van der Waals surface area contributed by atoms with Gasteiger partial charge in [-0.05, 0) is 150 Å². The molecule has 0 bridgehead atoms. The van der Waals surface area contributed by atoms with Crippen LogP contribution in [0.4, 0.5) is 0 Å². The number of fused-ring (bicyclic) bond motifs is 3. The summed E-state index contributed by atoms with van der Waals surface area (Å²) in [4.78, 5) is 14.1. The van der Waals surface area contributed by atoms with Crippen LogP contribution in [-0.2, 0) is 0 Å². The standard InChI is InChI=1S/C40H33N3/c1-24-14-16-42-39(17-24)29-13-12-25(2)35(20-29)37-22-31(21-36(28(37)5)30-18-26(3)43-27(4)19-30)38-23-40-34(11-8-15-41-40)32-9-6-7-10-33(32)38/h6-23H,1-5H3. The van der Waals surface area contributed by atoms with Gasteiger partial charge in [-0.15, -0.1) is 0 Å². The summed E-state index contributed by atoms with van der Waals surface area (Å²) in [6, 6.07) is 35.1. The number of pyridine rings is 3. The van der Waals surface area contributed by atoms with Gasteiger partial charge < -0.3 is 0 Å². The van der Waals surface area contributed by atoms with Crippen molar-refractivity contribution in [3.63, 3.8) is 0 Å². The zero-order chi connectivity index (χ0) is 29.7. The molecule has 0 N–H and O–H groups in total. The maximum Gasteiger partial charge on any atom is 0.0714 e. The van der Waals surface area contributed by atoms with Crippen molar-refractivity contribution in [3.05, 3.63) is 138 Å². The highest BCUT2D eigenvalue weighted by atomic mass is 14.7. The molecule has 0 saturated carbocycles. The van der Waals surface area contributed by atoms with E-state index in [1.54, 1.807) is 0 Å². The second kappa shape index (κ2) is 10.6. The van der Waals surface area contributed by atoms with Gasteiger partial charge in [0.15, 0.2) is 0 Å². The highest BCUT2D eigenvalue weighted by Gasteiger charge is 2.17. The lowest BCUT2D eigenvalue weighted by Gasteiger charge is -2.19. The van der Waals surface area contributed by atoms with Crippen LogP contribution in [0.25, 0.3) is 66.3 Å². The molecule has 7 aromatic rings. The van der Waals surface area contributed by atoms with Crippen LogP contribution in [-0.4, -0.2) is 15.0 Å². The van der Waals surface area contributed by atoms with Crippen LogP contribution in [0.1, 0.15) is 28.1 Å². The minimum Gasteiger partial charge on any atom is -0.258 e. The molecule has 3 heterocycles. The molecule has 3 nitrogen and oxygen atoms in total. The third-order valence-corrected chi connectivity index (χ3v) is 8.48. The van der Waals surface area contributed by atoms with Gasteiger partial charge in [0.25, 0.3) is 0 Å². The van der Waals surface area contributed by atoms with E-state index in [-0.39, 0.29) is 0 Å². The molecule has 0 radical (unpaired) electrons. The Morgan fingerprint density at radius 1 is 0.465 bits per heavy atom. The first-order valence-electron chi connectivity index (χ1n) is 14.8. The van der Waals surface area contributed by atoms with E-state index in [0.29, 0.717) is 0 Å². The fourth-order valence-electron chi connectivity index (χ4n) is 6.37. The average Bonchev–Trinajstić information content (AvgIpc) is 3.01. The van der Waals surface area contributed by atoms with E-state index in [9.17, 15) is 0 Å². The second-order valence-electron chi connectivity index (χ2n) is 11.6. The van der Waals surface area contributed by atoms with Gasteiger partial charge in [-0.2, -0.15) is 0 Å². The van der Waals surface area contributed by atoms with Crippen molar-refractivity contribution < 1.29 is 0 Å². The number of hydrogen-bond donors (Lipinski definition) is 0. The Kier molecular flexibility index (Phi) is 6.59. The van der Waals surface area contributed by atoms with E-state index in [1.807, 2.05) is 24.5 Å². The molecule has 3 heteroatoms. The van der Waals surface area contributed by atoms with Gasteiger partial charge in [-0.1, -0.05) is 42.5 Å².